The van der Waals surface area contributed by atoms with Gasteiger partial charge in [0.2, 0.25) is 5.91 Å². The number of nitrogens with one attached hydrogen (secondary N) is 2. The summed E-state index contributed by atoms with van der Waals surface area (Å²) in [7, 11) is 4.81. The van der Waals surface area contributed by atoms with Crippen LogP contribution in [0.4, 0.5) is 11.4 Å². The summed E-state index contributed by atoms with van der Waals surface area (Å²) in [6.07, 6.45) is -0.488. The molecule has 228 valence electrons. The first kappa shape index (κ1) is 30.3. The molecule has 0 saturated carbocycles. The molecule has 0 aliphatic carbocycles. The van der Waals surface area contributed by atoms with Gasteiger partial charge in [0.15, 0.2) is 11.5 Å². The van der Waals surface area contributed by atoms with Crippen LogP contribution in [0.3, 0.4) is 0 Å². The predicted molar refractivity (Wildman–Crippen MR) is 170 cm³/mol. The van der Waals surface area contributed by atoms with Crippen molar-refractivity contribution in [3.63, 3.8) is 0 Å². The second kappa shape index (κ2) is 13.0. The number of carbonyl (C=O) groups excluding carboxylic acids is 2. The van der Waals surface area contributed by atoms with Gasteiger partial charge in [-0.25, -0.2) is 0 Å². The molecule has 4 aromatic rings. The Morgan fingerprint density at radius 3 is 2.25 bits per heavy atom. The van der Waals surface area contributed by atoms with Crippen molar-refractivity contribution in [2.24, 2.45) is 0 Å². The molecule has 1 heterocycles. The van der Waals surface area contributed by atoms with Crippen molar-refractivity contribution < 1.29 is 28.5 Å². The monoisotopic (exact) mass is 595 g/mol. The van der Waals surface area contributed by atoms with Crippen molar-refractivity contribution in [2.75, 3.05) is 32.0 Å². The van der Waals surface area contributed by atoms with Crippen LogP contribution in [0.2, 0.25) is 0 Å². The zero-order valence-corrected chi connectivity index (χ0v) is 25.8. The Kier molecular flexibility index (Phi) is 8.94. The number of methoxy groups -OCH3 is 3. The summed E-state index contributed by atoms with van der Waals surface area (Å²) in [5, 5.41) is 6.40. The quantitative estimate of drug-likeness (QED) is 0.212. The van der Waals surface area contributed by atoms with Crippen LogP contribution >= 0.6 is 0 Å². The lowest BCUT2D eigenvalue weighted by Gasteiger charge is -2.38. The average molecular weight is 596 g/mol. The van der Waals surface area contributed by atoms with Gasteiger partial charge < -0.3 is 34.5 Å². The van der Waals surface area contributed by atoms with Crippen molar-refractivity contribution in [3.05, 3.63) is 106 Å². The van der Waals surface area contributed by atoms with Gasteiger partial charge in [0.1, 0.15) is 24.3 Å². The van der Waals surface area contributed by atoms with Crippen LogP contribution in [0.15, 0.2) is 72.8 Å². The molecule has 9 nitrogen and oxygen atoms in total. The Morgan fingerprint density at radius 1 is 0.841 bits per heavy atom. The van der Waals surface area contributed by atoms with Gasteiger partial charge in [-0.1, -0.05) is 30.3 Å². The number of hydrogen-bond acceptors (Lipinski definition) is 7. The third kappa shape index (κ3) is 6.13. The molecule has 44 heavy (non-hydrogen) atoms. The predicted octanol–water partition coefficient (Wildman–Crippen LogP) is 6.63. The summed E-state index contributed by atoms with van der Waals surface area (Å²) in [6, 6.07) is 22.8. The number of ether oxygens (including phenoxy) is 4. The van der Waals surface area contributed by atoms with Crippen LogP contribution < -0.4 is 29.6 Å². The zero-order chi connectivity index (χ0) is 31.4. The first-order chi connectivity index (χ1) is 21.2. The van der Waals surface area contributed by atoms with Gasteiger partial charge in [-0.05, 0) is 73.0 Å². The van der Waals surface area contributed by atoms with Gasteiger partial charge >= 0.3 is 0 Å². The summed E-state index contributed by atoms with van der Waals surface area (Å²) in [6.45, 7) is 5.89. The maximum Gasteiger partial charge on any atom is 0.258 e. The second-order valence-corrected chi connectivity index (χ2v) is 10.7. The number of anilines is 2. The number of rotatable bonds is 10. The molecule has 1 atom stereocenters. The molecular formula is C35H37N3O6. The maximum atomic E-state index is 14.0. The molecule has 0 saturated heterocycles. The number of nitrogens with zero attached hydrogens (tertiary/aromatic N) is 1. The standard InChI is InChI=1S/C35H37N3O6/c1-21-16-27(36-23(3)39)17-22(2)32(21)44-20-26-18-24(14-15-30(26)41-4)34-37-29-12-8-7-11-28(29)35(40)38(34)19-25-10-9-13-31(42-5)33(25)43-6/h7-18,34,37H,19-20H2,1-6H3,(H,36,39). The van der Waals surface area contributed by atoms with E-state index in [2.05, 4.69) is 10.6 Å². The van der Waals surface area contributed by atoms with Gasteiger partial charge in [-0.15, -0.1) is 0 Å². The molecule has 1 aliphatic heterocycles. The highest BCUT2D eigenvalue weighted by atomic mass is 16.5. The first-order valence-corrected chi connectivity index (χ1v) is 14.3. The molecule has 0 spiro atoms. The Morgan fingerprint density at radius 2 is 1.57 bits per heavy atom. The van der Waals surface area contributed by atoms with E-state index in [0.29, 0.717) is 22.8 Å². The fourth-order valence-corrected chi connectivity index (χ4v) is 5.67. The van der Waals surface area contributed by atoms with Crippen molar-refractivity contribution >= 4 is 23.2 Å². The van der Waals surface area contributed by atoms with Crippen LogP contribution in [0.1, 0.15) is 51.3 Å². The van der Waals surface area contributed by atoms with Gasteiger partial charge in [0.25, 0.3) is 5.91 Å². The summed E-state index contributed by atoms with van der Waals surface area (Å²) >= 11 is 0. The lowest BCUT2D eigenvalue weighted by atomic mass is 10.0. The van der Waals surface area contributed by atoms with E-state index >= 15 is 0 Å². The van der Waals surface area contributed by atoms with Gasteiger partial charge in [-0.3, -0.25) is 9.59 Å². The Bertz CT molecular complexity index is 1680. The number of para-hydroxylation sites is 2. The van der Waals surface area contributed by atoms with Crippen molar-refractivity contribution in [1.82, 2.24) is 4.90 Å². The summed E-state index contributed by atoms with van der Waals surface area (Å²) in [4.78, 5) is 27.3. The maximum absolute atomic E-state index is 14.0. The minimum absolute atomic E-state index is 0.103. The summed E-state index contributed by atoms with van der Waals surface area (Å²) in [5.74, 6) is 2.35. The Hall–Kier alpha value is -5.18. The second-order valence-electron chi connectivity index (χ2n) is 10.7. The molecular weight excluding hydrogens is 558 g/mol. The zero-order valence-electron chi connectivity index (χ0n) is 25.8. The van der Waals surface area contributed by atoms with Gasteiger partial charge in [0.05, 0.1) is 33.4 Å². The van der Waals surface area contributed by atoms with E-state index in [1.54, 1.807) is 26.2 Å². The van der Waals surface area contributed by atoms with Gasteiger partial charge in [-0.2, -0.15) is 0 Å². The van der Waals surface area contributed by atoms with E-state index in [1.165, 1.54) is 6.92 Å². The van der Waals surface area contributed by atoms with Crippen molar-refractivity contribution in [1.29, 1.82) is 0 Å². The lowest BCUT2D eigenvalue weighted by Crippen LogP contribution is -2.42. The molecule has 4 aromatic carbocycles. The van der Waals surface area contributed by atoms with E-state index in [0.717, 1.165) is 44.9 Å². The number of aryl methyl sites for hydroxylation is 2. The molecule has 9 heteroatoms. The minimum atomic E-state index is -0.488. The summed E-state index contributed by atoms with van der Waals surface area (Å²) < 4.78 is 23.2. The molecule has 0 bridgehead atoms. The molecule has 0 aromatic heterocycles. The highest BCUT2D eigenvalue weighted by Gasteiger charge is 2.34. The largest absolute Gasteiger partial charge is 0.496 e. The molecule has 2 N–H and O–H groups in total. The highest BCUT2D eigenvalue weighted by molar-refractivity contribution is 6.01. The number of hydrogen-bond donors (Lipinski definition) is 2. The van der Waals surface area contributed by atoms with E-state index in [9.17, 15) is 9.59 Å². The molecule has 5 rings (SSSR count). The molecule has 1 aliphatic rings. The number of benzene rings is 4. The van der Waals surface area contributed by atoms with Crippen LogP contribution in [0.5, 0.6) is 23.0 Å². The Balaban J connectivity index is 1.50. The van der Waals surface area contributed by atoms with Crippen molar-refractivity contribution in [2.45, 2.75) is 40.1 Å². The van der Waals surface area contributed by atoms with E-state index in [-0.39, 0.29) is 25.0 Å². The number of carbonyl (C=O) groups is 2. The molecule has 1 unspecified atom stereocenters. The fourth-order valence-electron chi connectivity index (χ4n) is 5.67. The smallest absolute Gasteiger partial charge is 0.258 e. The SMILES string of the molecule is COc1ccc(C2Nc3ccccc3C(=O)N2Cc2cccc(OC)c2OC)cc1COc1c(C)cc(NC(C)=O)cc1C. The van der Waals surface area contributed by atoms with Crippen molar-refractivity contribution in [3.8, 4) is 23.0 Å². The Labute approximate surface area is 257 Å². The van der Waals surface area contributed by atoms with Gasteiger partial charge in [0, 0.05) is 29.4 Å². The van der Waals surface area contributed by atoms with E-state index < -0.39 is 6.17 Å². The number of fused-ring (bicyclic) bond motifs is 1. The van der Waals surface area contributed by atoms with Crippen LogP contribution in [0.25, 0.3) is 0 Å². The normalized spacial score (nSPS) is 13.9. The lowest BCUT2D eigenvalue weighted by molar-refractivity contribution is -0.114. The summed E-state index contributed by atoms with van der Waals surface area (Å²) in [5.41, 5.74) is 6.38. The van der Waals surface area contributed by atoms with Crippen LogP contribution in [0, 0.1) is 13.8 Å². The van der Waals surface area contributed by atoms with Crippen LogP contribution in [-0.4, -0.2) is 38.0 Å². The fraction of sp³-hybridized carbons (Fsp3) is 0.257. The highest BCUT2D eigenvalue weighted by Crippen LogP contribution is 2.39. The van der Waals surface area contributed by atoms with E-state index in [4.69, 9.17) is 18.9 Å². The van der Waals surface area contributed by atoms with E-state index in [1.807, 2.05) is 86.6 Å². The topological polar surface area (TPSA) is 98.4 Å². The third-order valence-corrected chi connectivity index (χ3v) is 7.62. The number of amides is 2. The third-order valence-electron chi connectivity index (χ3n) is 7.62. The molecule has 0 fully saturated rings. The average Bonchev–Trinajstić information content (AvgIpc) is 3.01. The van der Waals surface area contributed by atoms with Crippen LogP contribution in [-0.2, 0) is 17.9 Å². The molecule has 0 radical (unpaired) electrons. The first-order valence-electron chi connectivity index (χ1n) is 14.3. The molecule has 2 amide bonds. The minimum Gasteiger partial charge on any atom is -0.496 e.